The van der Waals surface area contributed by atoms with E-state index in [1.165, 1.54) is 23.1 Å². The van der Waals surface area contributed by atoms with Crippen molar-refractivity contribution >= 4 is 51.6 Å². The van der Waals surface area contributed by atoms with Gasteiger partial charge in [0.25, 0.3) is 5.91 Å². The molecule has 2 amide bonds. The number of thioether (sulfide) groups is 1. The number of rotatable bonds is 7. The highest BCUT2D eigenvalue weighted by Crippen LogP contribution is 2.26. The van der Waals surface area contributed by atoms with Crippen LogP contribution in [-0.2, 0) is 11.3 Å². The van der Waals surface area contributed by atoms with E-state index in [-0.39, 0.29) is 17.6 Å². The molecule has 29 heavy (non-hydrogen) atoms. The maximum absolute atomic E-state index is 12.3. The normalized spacial score (nSPS) is 10.6. The Bertz CT molecular complexity index is 1040. The molecular formula is C20H19ClN4O2S2. The largest absolute Gasteiger partial charge is 0.351 e. The molecule has 0 aliphatic rings. The number of aromatic nitrogens is 2. The lowest BCUT2D eigenvalue weighted by atomic mass is 10.1. The molecule has 0 aliphatic heterocycles. The Labute approximate surface area is 182 Å². The molecule has 2 aromatic carbocycles. The molecule has 1 aromatic heterocycles. The van der Waals surface area contributed by atoms with Crippen LogP contribution in [0.1, 0.15) is 27.0 Å². The zero-order valence-corrected chi connectivity index (χ0v) is 18.2. The minimum Gasteiger partial charge on any atom is -0.351 e. The van der Waals surface area contributed by atoms with Crippen LogP contribution in [0.5, 0.6) is 0 Å². The van der Waals surface area contributed by atoms with Crippen LogP contribution in [-0.4, -0.2) is 27.8 Å². The number of aryl methyl sites for hydroxylation is 2. The first-order valence-corrected chi connectivity index (χ1v) is 11.0. The summed E-state index contributed by atoms with van der Waals surface area (Å²) in [6.45, 7) is 4.32. The molecule has 0 saturated heterocycles. The first-order valence-electron chi connectivity index (χ1n) is 8.77. The average molecular weight is 447 g/mol. The number of halogens is 1. The second-order valence-corrected chi connectivity index (χ2v) is 8.89. The fraction of sp³-hybridized carbons (Fsp3) is 0.200. The highest BCUT2D eigenvalue weighted by atomic mass is 35.5. The summed E-state index contributed by atoms with van der Waals surface area (Å²) in [4.78, 5) is 24.4. The summed E-state index contributed by atoms with van der Waals surface area (Å²) < 4.78 is 0.605. The van der Waals surface area contributed by atoms with Gasteiger partial charge in [0, 0.05) is 17.1 Å². The molecule has 1 heterocycles. The number of hydrogen-bond donors (Lipinski definition) is 2. The van der Waals surface area contributed by atoms with Gasteiger partial charge >= 0.3 is 0 Å². The van der Waals surface area contributed by atoms with Crippen LogP contribution in [0.25, 0.3) is 0 Å². The van der Waals surface area contributed by atoms with Crippen molar-refractivity contribution in [3.8, 4) is 0 Å². The van der Waals surface area contributed by atoms with Crippen molar-refractivity contribution in [2.75, 3.05) is 11.1 Å². The van der Waals surface area contributed by atoms with Crippen molar-refractivity contribution in [1.82, 2.24) is 15.5 Å². The number of hydrogen-bond acceptors (Lipinski definition) is 6. The predicted octanol–water partition coefficient (Wildman–Crippen LogP) is 4.47. The van der Waals surface area contributed by atoms with E-state index >= 15 is 0 Å². The molecule has 3 rings (SSSR count). The smallest absolute Gasteiger partial charge is 0.257 e. The topological polar surface area (TPSA) is 84.0 Å². The van der Waals surface area contributed by atoms with Gasteiger partial charge in [0.2, 0.25) is 11.0 Å². The highest BCUT2D eigenvalue weighted by Gasteiger charge is 2.12. The molecule has 9 heteroatoms. The Balaban J connectivity index is 1.48. The Morgan fingerprint density at radius 1 is 1.10 bits per heavy atom. The van der Waals surface area contributed by atoms with Gasteiger partial charge in [0.05, 0.1) is 5.75 Å². The fourth-order valence-electron chi connectivity index (χ4n) is 2.38. The molecule has 6 nitrogen and oxygen atoms in total. The standard InChI is InChI=1S/C20H19ClN4O2S2/c1-12-7-8-14(9-13(12)2)18(27)23-19-24-25-20(29-19)28-11-17(26)22-10-15-5-3-4-6-16(15)21/h3-9H,10-11H2,1-2H3,(H,22,26)(H,23,24,27). The van der Waals surface area contributed by atoms with E-state index < -0.39 is 0 Å². The van der Waals surface area contributed by atoms with Gasteiger partial charge in [-0.15, -0.1) is 10.2 Å². The van der Waals surface area contributed by atoms with E-state index in [0.717, 1.165) is 16.7 Å². The van der Waals surface area contributed by atoms with Crippen molar-refractivity contribution in [2.24, 2.45) is 0 Å². The molecular weight excluding hydrogens is 428 g/mol. The number of benzene rings is 2. The summed E-state index contributed by atoms with van der Waals surface area (Å²) in [6, 6.07) is 12.9. The predicted molar refractivity (Wildman–Crippen MR) is 118 cm³/mol. The molecule has 0 spiro atoms. The number of anilines is 1. The molecule has 150 valence electrons. The quantitative estimate of drug-likeness (QED) is 0.413. The summed E-state index contributed by atoms with van der Waals surface area (Å²) in [5.74, 6) is -0.173. The second kappa shape index (κ2) is 9.87. The Morgan fingerprint density at radius 3 is 2.66 bits per heavy atom. The number of carbonyl (C=O) groups excluding carboxylic acids is 2. The molecule has 0 unspecified atom stereocenters. The third-order valence-corrected chi connectivity index (χ3v) is 6.50. The van der Waals surface area contributed by atoms with E-state index in [0.29, 0.717) is 26.6 Å². The zero-order valence-electron chi connectivity index (χ0n) is 15.9. The maximum Gasteiger partial charge on any atom is 0.257 e. The van der Waals surface area contributed by atoms with Crippen LogP contribution in [0.3, 0.4) is 0 Å². The lowest BCUT2D eigenvalue weighted by Crippen LogP contribution is -2.24. The van der Waals surface area contributed by atoms with E-state index in [2.05, 4.69) is 20.8 Å². The molecule has 0 saturated carbocycles. The first-order chi connectivity index (χ1) is 13.9. The summed E-state index contributed by atoms with van der Waals surface area (Å²) in [6.07, 6.45) is 0. The summed E-state index contributed by atoms with van der Waals surface area (Å²) in [5.41, 5.74) is 3.61. The molecule has 0 atom stereocenters. The third kappa shape index (κ3) is 6.03. The molecule has 0 aliphatic carbocycles. The van der Waals surface area contributed by atoms with Gasteiger partial charge in [0.15, 0.2) is 4.34 Å². The van der Waals surface area contributed by atoms with Gasteiger partial charge in [-0.3, -0.25) is 14.9 Å². The summed E-state index contributed by atoms with van der Waals surface area (Å²) in [7, 11) is 0. The lowest BCUT2D eigenvalue weighted by molar-refractivity contribution is -0.118. The molecule has 2 N–H and O–H groups in total. The number of nitrogens with zero attached hydrogens (tertiary/aromatic N) is 2. The SMILES string of the molecule is Cc1ccc(C(=O)Nc2nnc(SCC(=O)NCc3ccccc3Cl)s2)cc1C. The lowest BCUT2D eigenvalue weighted by Gasteiger charge is -2.06. The summed E-state index contributed by atoms with van der Waals surface area (Å²) in [5, 5.41) is 14.6. The average Bonchev–Trinajstić information content (AvgIpc) is 3.15. The van der Waals surface area contributed by atoms with Gasteiger partial charge < -0.3 is 5.32 Å². The maximum atomic E-state index is 12.3. The molecule has 0 fully saturated rings. The van der Waals surface area contributed by atoms with Crippen molar-refractivity contribution < 1.29 is 9.59 Å². The van der Waals surface area contributed by atoms with Gasteiger partial charge in [-0.25, -0.2) is 0 Å². The van der Waals surface area contributed by atoms with Crippen molar-refractivity contribution in [3.63, 3.8) is 0 Å². The van der Waals surface area contributed by atoms with Crippen LogP contribution < -0.4 is 10.6 Å². The first kappa shape index (κ1) is 21.3. The number of amides is 2. The van der Waals surface area contributed by atoms with Crippen LogP contribution in [0.15, 0.2) is 46.8 Å². The Hall–Kier alpha value is -2.42. The molecule has 3 aromatic rings. The van der Waals surface area contributed by atoms with Gasteiger partial charge in [-0.2, -0.15) is 0 Å². The minimum atomic E-state index is -0.238. The Morgan fingerprint density at radius 2 is 1.90 bits per heavy atom. The van der Waals surface area contributed by atoms with Crippen LogP contribution in [0, 0.1) is 13.8 Å². The van der Waals surface area contributed by atoms with Crippen molar-refractivity contribution in [1.29, 1.82) is 0 Å². The minimum absolute atomic E-state index is 0.133. The van der Waals surface area contributed by atoms with Crippen LogP contribution >= 0.6 is 34.7 Å². The van der Waals surface area contributed by atoms with Crippen molar-refractivity contribution in [3.05, 3.63) is 69.7 Å². The van der Waals surface area contributed by atoms with Crippen molar-refractivity contribution in [2.45, 2.75) is 24.7 Å². The zero-order chi connectivity index (χ0) is 20.8. The van der Waals surface area contributed by atoms with E-state index in [9.17, 15) is 9.59 Å². The monoisotopic (exact) mass is 446 g/mol. The van der Waals surface area contributed by atoms with Gasteiger partial charge in [0.1, 0.15) is 0 Å². The van der Waals surface area contributed by atoms with E-state index in [1.807, 2.05) is 44.2 Å². The third-order valence-electron chi connectivity index (χ3n) is 4.16. The van der Waals surface area contributed by atoms with E-state index in [4.69, 9.17) is 11.6 Å². The summed E-state index contributed by atoms with van der Waals surface area (Å²) >= 11 is 8.57. The fourth-order valence-corrected chi connectivity index (χ4v) is 4.16. The van der Waals surface area contributed by atoms with Gasteiger partial charge in [-0.1, -0.05) is 59.0 Å². The molecule has 0 bridgehead atoms. The molecule has 0 radical (unpaired) electrons. The van der Waals surface area contributed by atoms with Crippen LogP contribution in [0.2, 0.25) is 5.02 Å². The van der Waals surface area contributed by atoms with Gasteiger partial charge in [-0.05, 0) is 48.7 Å². The highest BCUT2D eigenvalue weighted by molar-refractivity contribution is 8.01. The van der Waals surface area contributed by atoms with E-state index in [1.54, 1.807) is 12.1 Å². The van der Waals surface area contributed by atoms with Crippen LogP contribution in [0.4, 0.5) is 5.13 Å². The second-order valence-electron chi connectivity index (χ2n) is 6.28. The Kier molecular flexibility index (Phi) is 7.24. The number of nitrogens with one attached hydrogen (secondary N) is 2. The number of carbonyl (C=O) groups is 2.